The number of carbonyl (C=O) groups is 2. The fourth-order valence-corrected chi connectivity index (χ4v) is 6.66. The van der Waals surface area contributed by atoms with Gasteiger partial charge in [-0.15, -0.1) is 0 Å². The van der Waals surface area contributed by atoms with E-state index in [4.69, 9.17) is 27.9 Å². The molecule has 1 N–H and O–H groups in total. The third-order valence-corrected chi connectivity index (χ3v) is 9.60. The third kappa shape index (κ3) is 8.57. The lowest BCUT2D eigenvalue weighted by molar-refractivity contribution is -0.140. The first-order valence-corrected chi connectivity index (χ1v) is 16.6. The summed E-state index contributed by atoms with van der Waals surface area (Å²) < 4.78 is 34.4. The van der Waals surface area contributed by atoms with E-state index in [9.17, 15) is 18.0 Å². The molecule has 0 aliphatic heterocycles. The van der Waals surface area contributed by atoms with Crippen LogP contribution in [0.2, 0.25) is 10.0 Å². The quantitative estimate of drug-likeness (QED) is 0.169. The van der Waals surface area contributed by atoms with Gasteiger partial charge < -0.3 is 15.0 Å². The van der Waals surface area contributed by atoms with Crippen LogP contribution in [0.25, 0.3) is 0 Å². The number of benzene rings is 4. The molecule has 1 unspecified atom stereocenters. The molecule has 0 aliphatic rings. The Bertz CT molecular complexity index is 1710. The van der Waals surface area contributed by atoms with Crippen molar-refractivity contribution in [1.29, 1.82) is 0 Å². The van der Waals surface area contributed by atoms with Crippen LogP contribution in [0.1, 0.15) is 24.5 Å². The number of halogens is 2. The fraction of sp³-hybridized carbons (Fsp3) is 0.235. The molecule has 8 nitrogen and oxygen atoms in total. The minimum Gasteiger partial charge on any atom is -0.495 e. The van der Waals surface area contributed by atoms with E-state index in [1.807, 2.05) is 37.3 Å². The van der Waals surface area contributed by atoms with Crippen molar-refractivity contribution in [3.05, 3.63) is 124 Å². The van der Waals surface area contributed by atoms with E-state index in [1.54, 1.807) is 42.5 Å². The molecule has 2 amide bonds. The Hall–Kier alpha value is -4.05. The molecule has 11 heteroatoms. The molecule has 0 aromatic heterocycles. The van der Waals surface area contributed by atoms with E-state index in [0.29, 0.717) is 29.3 Å². The van der Waals surface area contributed by atoms with Gasteiger partial charge in [0.05, 0.1) is 22.7 Å². The van der Waals surface area contributed by atoms with E-state index in [-0.39, 0.29) is 34.5 Å². The molecule has 0 aliphatic carbocycles. The minimum absolute atomic E-state index is 0.0103. The number of anilines is 1. The summed E-state index contributed by atoms with van der Waals surface area (Å²) in [6.07, 6.45) is 0.899. The molecule has 0 heterocycles. The van der Waals surface area contributed by atoms with Crippen molar-refractivity contribution in [3.63, 3.8) is 0 Å². The number of nitrogens with zero attached hydrogens (tertiary/aromatic N) is 2. The SMILES string of the molecule is CCCNC(=O)C(Cc1ccccc1)N(Cc1ccccc1Cl)C(=O)CN(c1ccc(OC)c(Cl)c1)S(=O)(=O)c1ccccc1. The smallest absolute Gasteiger partial charge is 0.264 e. The number of carbonyl (C=O) groups excluding carboxylic acids is 2. The largest absolute Gasteiger partial charge is 0.495 e. The highest BCUT2D eigenvalue weighted by Gasteiger charge is 2.35. The van der Waals surface area contributed by atoms with Gasteiger partial charge in [0, 0.05) is 24.5 Å². The normalized spacial score (nSPS) is 11.8. The van der Waals surface area contributed by atoms with Gasteiger partial charge in [-0.25, -0.2) is 8.42 Å². The van der Waals surface area contributed by atoms with Crippen molar-refractivity contribution in [2.24, 2.45) is 0 Å². The van der Waals surface area contributed by atoms with E-state index >= 15 is 0 Å². The van der Waals surface area contributed by atoms with Gasteiger partial charge in [0.25, 0.3) is 10.0 Å². The summed E-state index contributed by atoms with van der Waals surface area (Å²) in [5.74, 6) is -0.611. The number of nitrogens with one attached hydrogen (secondary N) is 1. The second kappa shape index (κ2) is 15.8. The van der Waals surface area contributed by atoms with Crippen molar-refractivity contribution in [1.82, 2.24) is 10.2 Å². The number of amides is 2. The molecule has 45 heavy (non-hydrogen) atoms. The van der Waals surface area contributed by atoms with Gasteiger partial charge in [-0.1, -0.05) is 96.9 Å². The zero-order chi connectivity index (χ0) is 32.4. The van der Waals surface area contributed by atoms with E-state index < -0.39 is 28.5 Å². The van der Waals surface area contributed by atoms with Crippen LogP contribution in [0.15, 0.2) is 108 Å². The number of sulfonamides is 1. The van der Waals surface area contributed by atoms with Gasteiger partial charge in [0.2, 0.25) is 11.8 Å². The molecule has 0 bridgehead atoms. The summed E-state index contributed by atoms with van der Waals surface area (Å²) in [5, 5.41) is 3.51. The molecule has 4 rings (SSSR count). The molecule has 236 valence electrons. The Morgan fingerprint density at radius 3 is 2.13 bits per heavy atom. The number of hydrogen-bond donors (Lipinski definition) is 1. The molecule has 4 aromatic rings. The molecule has 1 atom stereocenters. The lowest BCUT2D eigenvalue weighted by Crippen LogP contribution is -2.53. The highest BCUT2D eigenvalue weighted by molar-refractivity contribution is 7.92. The van der Waals surface area contributed by atoms with Gasteiger partial charge in [-0.3, -0.25) is 13.9 Å². The molecular weight excluding hydrogens is 633 g/mol. The second-order valence-corrected chi connectivity index (χ2v) is 12.9. The monoisotopic (exact) mass is 667 g/mol. The molecule has 0 radical (unpaired) electrons. The van der Waals surface area contributed by atoms with Crippen molar-refractivity contribution < 1.29 is 22.7 Å². The summed E-state index contributed by atoms with van der Waals surface area (Å²) in [7, 11) is -2.81. The Labute approximate surface area is 274 Å². The summed E-state index contributed by atoms with van der Waals surface area (Å²) in [4.78, 5) is 29.6. The molecule has 0 fully saturated rings. The number of hydrogen-bond acceptors (Lipinski definition) is 5. The summed E-state index contributed by atoms with van der Waals surface area (Å²) >= 11 is 12.9. The maximum absolute atomic E-state index is 14.5. The first kappa shape index (κ1) is 33.8. The zero-order valence-corrected chi connectivity index (χ0v) is 27.4. The van der Waals surface area contributed by atoms with Crippen LogP contribution < -0.4 is 14.4 Å². The van der Waals surface area contributed by atoms with Crippen LogP contribution in [-0.2, 0) is 32.6 Å². The number of methoxy groups -OCH3 is 1. The van der Waals surface area contributed by atoms with E-state index in [2.05, 4.69) is 5.32 Å². The number of ether oxygens (including phenoxy) is 1. The standard InChI is InChI=1S/C34H35Cl2N3O5S/c1-3-20-37-34(41)31(21-25-12-6-4-7-13-25)38(23-26-14-10-11-17-29(26)35)33(40)24-39(27-18-19-32(44-2)30(36)22-27)45(42,43)28-15-8-5-9-16-28/h4-19,22,31H,3,20-21,23-24H2,1-2H3,(H,37,41). The van der Waals surface area contributed by atoms with Crippen LogP contribution in [-0.4, -0.2) is 51.4 Å². The van der Waals surface area contributed by atoms with Gasteiger partial charge in [0.1, 0.15) is 18.3 Å². The average Bonchev–Trinajstić information content (AvgIpc) is 3.05. The highest BCUT2D eigenvalue weighted by Crippen LogP contribution is 2.32. The molecular formula is C34H35Cl2N3O5S. The lowest BCUT2D eigenvalue weighted by atomic mass is 10.0. The van der Waals surface area contributed by atoms with Crippen LogP contribution >= 0.6 is 23.2 Å². The Morgan fingerprint density at radius 1 is 0.867 bits per heavy atom. The summed E-state index contributed by atoms with van der Waals surface area (Å²) in [6.45, 7) is 1.71. The predicted octanol–water partition coefficient (Wildman–Crippen LogP) is 6.36. The average molecular weight is 669 g/mol. The predicted molar refractivity (Wildman–Crippen MR) is 178 cm³/mol. The zero-order valence-electron chi connectivity index (χ0n) is 25.0. The summed E-state index contributed by atoms with van der Waals surface area (Å²) in [6, 6.07) is 27.7. The van der Waals surface area contributed by atoms with Gasteiger partial charge in [0.15, 0.2) is 0 Å². The van der Waals surface area contributed by atoms with Crippen LogP contribution in [0, 0.1) is 0 Å². The third-order valence-electron chi connectivity index (χ3n) is 7.15. The maximum Gasteiger partial charge on any atom is 0.264 e. The fourth-order valence-electron chi connectivity index (χ4n) is 4.79. The molecule has 4 aromatic carbocycles. The van der Waals surface area contributed by atoms with Crippen molar-refractivity contribution in [3.8, 4) is 5.75 Å². The Balaban J connectivity index is 1.82. The van der Waals surface area contributed by atoms with E-state index in [1.165, 1.54) is 42.3 Å². The van der Waals surface area contributed by atoms with Gasteiger partial charge in [-0.2, -0.15) is 0 Å². The maximum atomic E-state index is 14.5. The lowest BCUT2D eigenvalue weighted by Gasteiger charge is -2.34. The van der Waals surface area contributed by atoms with Crippen molar-refractivity contribution >= 4 is 50.7 Å². The van der Waals surface area contributed by atoms with Gasteiger partial charge in [-0.05, 0) is 53.9 Å². The van der Waals surface area contributed by atoms with Gasteiger partial charge >= 0.3 is 0 Å². The minimum atomic E-state index is -4.26. The molecule has 0 saturated carbocycles. The first-order chi connectivity index (χ1) is 21.6. The van der Waals surface area contributed by atoms with Crippen LogP contribution in [0.4, 0.5) is 5.69 Å². The van der Waals surface area contributed by atoms with Crippen LogP contribution in [0.3, 0.4) is 0 Å². The van der Waals surface area contributed by atoms with Crippen LogP contribution in [0.5, 0.6) is 5.75 Å². The van der Waals surface area contributed by atoms with Crippen molar-refractivity contribution in [2.75, 3.05) is 24.5 Å². The Kier molecular flexibility index (Phi) is 11.9. The highest BCUT2D eigenvalue weighted by atomic mass is 35.5. The second-order valence-electron chi connectivity index (χ2n) is 10.3. The summed E-state index contributed by atoms with van der Waals surface area (Å²) in [5.41, 5.74) is 1.60. The Morgan fingerprint density at radius 2 is 1.51 bits per heavy atom. The van der Waals surface area contributed by atoms with Crippen molar-refractivity contribution in [2.45, 2.75) is 37.2 Å². The topological polar surface area (TPSA) is 96.0 Å². The van der Waals surface area contributed by atoms with E-state index in [0.717, 1.165) is 9.87 Å². The first-order valence-electron chi connectivity index (χ1n) is 14.4. The molecule has 0 saturated heterocycles. The molecule has 0 spiro atoms. The number of rotatable bonds is 14.